The highest BCUT2D eigenvalue weighted by Crippen LogP contribution is 2.30. The molecule has 0 fully saturated rings. The number of carboxylic acids is 1. The number of hydrogen-bond acceptors (Lipinski definition) is 2. The minimum Gasteiger partial charge on any atom is -0.508 e. The molecule has 0 radical (unpaired) electrons. The zero-order chi connectivity index (χ0) is 13.2. The van der Waals surface area contributed by atoms with Crippen LogP contribution in [0, 0.1) is 5.41 Å². The Kier molecular flexibility index (Phi) is 3.76. The number of hydrogen-bond donors (Lipinski definition) is 2. The van der Waals surface area contributed by atoms with E-state index in [1.54, 1.807) is 13.8 Å². The van der Waals surface area contributed by atoms with E-state index in [0.29, 0.717) is 11.1 Å². The van der Waals surface area contributed by atoms with Crippen LogP contribution in [0.4, 0.5) is 4.39 Å². The molecule has 0 saturated carbocycles. The molecule has 4 heteroatoms. The van der Waals surface area contributed by atoms with Gasteiger partial charge < -0.3 is 10.2 Å². The monoisotopic (exact) mass is 240 g/mol. The molecule has 0 aliphatic heterocycles. The van der Waals surface area contributed by atoms with Crippen molar-refractivity contribution < 1.29 is 19.4 Å². The Morgan fingerprint density at radius 2 is 2.06 bits per heavy atom. The Labute approximate surface area is 99.9 Å². The molecule has 1 unspecified atom stereocenters. The highest BCUT2D eigenvalue weighted by Gasteiger charge is 2.28. The highest BCUT2D eigenvalue weighted by molar-refractivity contribution is 5.74. The third-order valence-electron chi connectivity index (χ3n) is 2.77. The van der Waals surface area contributed by atoms with E-state index in [1.807, 2.05) is 0 Å². The fourth-order valence-corrected chi connectivity index (χ4v) is 1.55. The van der Waals surface area contributed by atoms with Crippen molar-refractivity contribution in [3.63, 3.8) is 0 Å². The molecule has 0 saturated heterocycles. The summed E-state index contributed by atoms with van der Waals surface area (Å²) in [6.07, 6.45) is -0.975. The lowest BCUT2D eigenvalue weighted by molar-refractivity contribution is -0.146. The smallest absolute Gasteiger partial charge is 0.309 e. The Bertz CT molecular complexity index is 425. The summed E-state index contributed by atoms with van der Waals surface area (Å²) in [6.45, 7) is 4.54. The second-order valence-corrected chi connectivity index (χ2v) is 4.87. The van der Waals surface area contributed by atoms with E-state index in [0.717, 1.165) is 0 Å². The van der Waals surface area contributed by atoms with Crippen molar-refractivity contribution in [3.8, 4) is 5.75 Å². The van der Waals surface area contributed by atoms with Crippen molar-refractivity contribution in [3.05, 3.63) is 29.3 Å². The molecule has 0 aliphatic carbocycles. The molecule has 0 amide bonds. The Balaban J connectivity index is 3.05. The van der Waals surface area contributed by atoms with E-state index in [9.17, 15) is 14.3 Å². The number of carboxylic acid groups (broad SMARTS) is 1. The van der Waals surface area contributed by atoms with Crippen LogP contribution in [0.5, 0.6) is 5.75 Å². The first-order chi connectivity index (χ1) is 7.74. The fourth-order valence-electron chi connectivity index (χ4n) is 1.55. The number of alkyl halides is 1. The van der Waals surface area contributed by atoms with E-state index in [1.165, 1.54) is 25.1 Å². The molecular weight excluding hydrogens is 223 g/mol. The lowest BCUT2D eigenvalue weighted by Crippen LogP contribution is -2.26. The molecule has 0 bridgehead atoms. The first-order valence-electron chi connectivity index (χ1n) is 5.43. The van der Waals surface area contributed by atoms with Crippen LogP contribution in [0.3, 0.4) is 0 Å². The summed E-state index contributed by atoms with van der Waals surface area (Å²) in [7, 11) is 0. The zero-order valence-electron chi connectivity index (χ0n) is 10.2. The number of aromatic hydroxyl groups is 1. The van der Waals surface area contributed by atoms with Crippen LogP contribution in [-0.4, -0.2) is 16.2 Å². The number of aliphatic carboxylic acids is 1. The predicted molar refractivity (Wildman–Crippen MR) is 62.8 cm³/mol. The molecule has 3 nitrogen and oxygen atoms in total. The van der Waals surface area contributed by atoms with Gasteiger partial charge in [-0.05, 0) is 50.5 Å². The average molecular weight is 240 g/mol. The van der Waals surface area contributed by atoms with E-state index < -0.39 is 17.6 Å². The lowest BCUT2D eigenvalue weighted by Gasteiger charge is -2.20. The summed E-state index contributed by atoms with van der Waals surface area (Å²) in [5.41, 5.74) is -0.0891. The molecule has 17 heavy (non-hydrogen) atoms. The Hall–Kier alpha value is -1.58. The van der Waals surface area contributed by atoms with Crippen LogP contribution >= 0.6 is 0 Å². The SMILES string of the molecule is CC(F)c1ccc(O)c(CC(C)(C)C(=O)O)c1. The maximum atomic E-state index is 13.1. The first-order valence-corrected chi connectivity index (χ1v) is 5.43. The van der Waals surface area contributed by atoms with E-state index in [2.05, 4.69) is 0 Å². The number of carbonyl (C=O) groups is 1. The molecule has 2 N–H and O–H groups in total. The van der Waals surface area contributed by atoms with Crippen LogP contribution in [0.25, 0.3) is 0 Å². The highest BCUT2D eigenvalue weighted by atomic mass is 19.1. The summed E-state index contributed by atoms with van der Waals surface area (Å²) in [5.74, 6) is -0.945. The molecule has 1 rings (SSSR count). The third kappa shape index (κ3) is 3.19. The molecule has 1 atom stereocenters. The second kappa shape index (κ2) is 4.73. The largest absolute Gasteiger partial charge is 0.508 e. The summed E-state index contributed by atoms with van der Waals surface area (Å²) < 4.78 is 13.1. The molecule has 0 aromatic heterocycles. The van der Waals surface area contributed by atoms with E-state index >= 15 is 0 Å². The number of halogens is 1. The van der Waals surface area contributed by atoms with Gasteiger partial charge in [-0.1, -0.05) is 6.07 Å². The van der Waals surface area contributed by atoms with Gasteiger partial charge in [-0.15, -0.1) is 0 Å². The molecule has 0 heterocycles. The van der Waals surface area contributed by atoms with Gasteiger partial charge in [0.05, 0.1) is 5.41 Å². The summed E-state index contributed by atoms with van der Waals surface area (Å²) in [6, 6.07) is 4.42. The fraction of sp³-hybridized carbons (Fsp3) is 0.462. The van der Waals surface area contributed by atoms with Gasteiger partial charge in [0.25, 0.3) is 0 Å². The molecule has 0 aliphatic rings. The van der Waals surface area contributed by atoms with Crippen molar-refractivity contribution in [2.75, 3.05) is 0 Å². The van der Waals surface area contributed by atoms with Gasteiger partial charge in [0, 0.05) is 0 Å². The van der Waals surface area contributed by atoms with Gasteiger partial charge in [-0.2, -0.15) is 0 Å². The number of phenols is 1. The molecule has 94 valence electrons. The second-order valence-electron chi connectivity index (χ2n) is 4.87. The van der Waals surface area contributed by atoms with Gasteiger partial charge >= 0.3 is 5.97 Å². The van der Waals surface area contributed by atoms with E-state index in [-0.39, 0.29) is 12.2 Å². The Morgan fingerprint density at radius 1 is 1.47 bits per heavy atom. The standard InChI is InChI=1S/C13H17FO3/c1-8(14)9-4-5-11(15)10(6-9)7-13(2,3)12(16)17/h4-6,8,15H,7H2,1-3H3,(H,16,17). The normalized spacial score (nSPS) is 13.4. The topological polar surface area (TPSA) is 57.5 Å². The zero-order valence-corrected chi connectivity index (χ0v) is 10.2. The van der Waals surface area contributed by atoms with Crippen molar-refractivity contribution >= 4 is 5.97 Å². The molecule has 1 aromatic carbocycles. The third-order valence-corrected chi connectivity index (χ3v) is 2.77. The molecular formula is C13H17FO3. The molecule has 1 aromatic rings. The molecule has 0 spiro atoms. The average Bonchev–Trinajstić information content (AvgIpc) is 2.20. The van der Waals surface area contributed by atoms with Gasteiger partial charge in [-0.3, -0.25) is 4.79 Å². The number of benzene rings is 1. The first kappa shape index (κ1) is 13.5. The van der Waals surface area contributed by atoms with Crippen LogP contribution in [-0.2, 0) is 11.2 Å². The number of phenolic OH excluding ortho intramolecular Hbond substituents is 1. The van der Waals surface area contributed by atoms with Crippen LogP contribution in [0.1, 0.15) is 38.1 Å². The Morgan fingerprint density at radius 3 is 2.53 bits per heavy atom. The minimum absolute atomic E-state index is 0.00345. The summed E-state index contributed by atoms with van der Waals surface area (Å²) >= 11 is 0. The van der Waals surface area contributed by atoms with Gasteiger partial charge in [-0.25, -0.2) is 4.39 Å². The predicted octanol–water partition coefficient (Wildman–Crippen LogP) is 3.08. The van der Waals surface area contributed by atoms with Crippen molar-refractivity contribution in [2.24, 2.45) is 5.41 Å². The van der Waals surface area contributed by atoms with Gasteiger partial charge in [0.1, 0.15) is 11.9 Å². The van der Waals surface area contributed by atoms with E-state index in [4.69, 9.17) is 5.11 Å². The van der Waals surface area contributed by atoms with Crippen molar-refractivity contribution in [1.82, 2.24) is 0 Å². The quantitative estimate of drug-likeness (QED) is 0.850. The maximum Gasteiger partial charge on any atom is 0.309 e. The summed E-state index contributed by atoms with van der Waals surface area (Å²) in [4.78, 5) is 11.0. The number of rotatable bonds is 4. The lowest BCUT2D eigenvalue weighted by atomic mass is 9.85. The van der Waals surface area contributed by atoms with Crippen molar-refractivity contribution in [1.29, 1.82) is 0 Å². The van der Waals surface area contributed by atoms with Gasteiger partial charge in [0.2, 0.25) is 0 Å². The van der Waals surface area contributed by atoms with Crippen LogP contribution in [0.2, 0.25) is 0 Å². The van der Waals surface area contributed by atoms with Crippen LogP contribution in [0.15, 0.2) is 18.2 Å². The summed E-state index contributed by atoms with van der Waals surface area (Å²) in [5, 5.41) is 18.7. The minimum atomic E-state index is -1.14. The van der Waals surface area contributed by atoms with Crippen molar-refractivity contribution in [2.45, 2.75) is 33.4 Å². The maximum absolute atomic E-state index is 13.1. The van der Waals surface area contributed by atoms with Gasteiger partial charge in [0.15, 0.2) is 0 Å². The van der Waals surface area contributed by atoms with Crippen LogP contribution < -0.4 is 0 Å².